The molecule has 22 heavy (non-hydrogen) atoms. The van der Waals surface area contributed by atoms with Crippen LogP contribution in [0.3, 0.4) is 0 Å². The van der Waals surface area contributed by atoms with Crippen molar-refractivity contribution in [2.24, 2.45) is 5.92 Å². The molecule has 1 aliphatic heterocycles. The zero-order valence-corrected chi connectivity index (χ0v) is 12.8. The summed E-state index contributed by atoms with van der Waals surface area (Å²) in [5.41, 5.74) is 0.992. The molecule has 7 heteroatoms. The van der Waals surface area contributed by atoms with Crippen molar-refractivity contribution in [1.29, 1.82) is 0 Å². The molecule has 0 spiro atoms. The summed E-state index contributed by atoms with van der Waals surface area (Å²) in [6.07, 6.45) is 1.79. The molecule has 6 nitrogen and oxygen atoms in total. The highest BCUT2D eigenvalue weighted by molar-refractivity contribution is 7.99. The Hall–Kier alpha value is -2.02. The second-order valence-electron chi connectivity index (χ2n) is 5.03. The third kappa shape index (κ3) is 4.77. The lowest BCUT2D eigenvalue weighted by Gasteiger charge is -2.20. The Labute approximate surface area is 132 Å². The van der Waals surface area contributed by atoms with Gasteiger partial charge in [0, 0.05) is 17.2 Å². The SMILES string of the molecule is O=C(O)CNC(=O)c1ccc(NC(=O)C2CCSCC2)cc1. The van der Waals surface area contributed by atoms with E-state index < -0.39 is 18.4 Å². The maximum Gasteiger partial charge on any atom is 0.322 e. The molecular formula is C15H18N2O4S. The van der Waals surface area contributed by atoms with Gasteiger partial charge in [0.15, 0.2) is 0 Å². The van der Waals surface area contributed by atoms with Gasteiger partial charge in [-0.15, -0.1) is 0 Å². The lowest BCUT2D eigenvalue weighted by molar-refractivity contribution is -0.135. The number of carbonyl (C=O) groups excluding carboxylic acids is 2. The number of carboxylic acids is 1. The van der Waals surface area contributed by atoms with Crippen molar-refractivity contribution in [3.8, 4) is 0 Å². The number of aliphatic carboxylic acids is 1. The summed E-state index contributed by atoms with van der Waals surface area (Å²) < 4.78 is 0. The van der Waals surface area contributed by atoms with Crippen LogP contribution in [-0.4, -0.2) is 40.9 Å². The summed E-state index contributed by atoms with van der Waals surface area (Å²) in [4.78, 5) is 34.2. The van der Waals surface area contributed by atoms with E-state index in [9.17, 15) is 14.4 Å². The van der Waals surface area contributed by atoms with Crippen LogP contribution in [0.15, 0.2) is 24.3 Å². The molecule has 0 unspecified atom stereocenters. The van der Waals surface area contributed by atoms with E-state index in [0.717, 1.165) is 24.3 Å². The topological polar surface area (TPSA) is 95.5 Å². The van der Waals surface area contributed by atoms with Gasteiger partial charge in [-0.05, 0) is 48.6 Å². The predicted molar refractivity (Wildman–Crippen MR) is 85.1 cm³/mol. The molecule has 1 heterocycles. The Balaban J connectivity index is 1.89. The highest BCUT2D eigenvalue weighted by Crippen LogP contribution is 2.24. The molecule has 2 rings (SSSR count). The van der Waals surface area contributed by atoms with Gasteiger partial charge in [0.1, 0.15) is 6.54 Å². The lowest BCUT2D eigenvalue weighted by atomic mass is 10.0. The molecule has 1 aliphatic rings. The van der Waals surface area contributed by atoms with Crippen molar-refractivity contribution >= 4 is 35.2 Å². The molecule has 1 aromatic carbocycles. The Kier molecular flexibility index (Phi) is 5.83. The number of thioether (sulfide) groups is 1. The maximum absolute atomic E-state index is 12.1. The number of hydrogen-bond acceptors (Lipinski definition) is 4. The normalized spacial score (nSPS) is 15.1. The fraction of sp³-hybridized carbons (Fsp3) is 0.400. The molecule has 0 aliphatic carbocycles. The van der Waals surface area contributed by atoms with Crippen LogP contribution in [0.25, 0.3) is 0 Å². The van der Waals surface area contributed by atoms with Crippen molar-refractivity contribution in [2.75, 3.05) is 23.4 Å². The van der Waals surface area contributed by atoms with Crippen molar-refractivity contribution in [3.05, 3.63) is 29.8 Å². The Morgan fingerprint density at radius 2 is 1.77 bits per heavy atom. The van der Waals surface area contributed by atoms with E-state index in [1.165, 1.54) is 0 Å². The molecule has 2 amide bonds. The minimum absolute atomic E-state index is 0.0170. The van der Waals surface area contributed by atoms with Crippen molar-refractivity contribution in [3.63, 3.8) is 0 Å². The third-order valence-corrected chi connectivity index (χ3v) is 4.46. The van der Waals surface area contributed by atoms with Gasteiger partial charge in [0.05, 0.1) is 0 Å². The standard InChI is InChI=1S/C15H18N2O4S/c18-13(19)9-16-14(20)10-1-3-12(4-2-10)17-15(21)11-5-7-22-8-6-11/h1-4,11H,5-9H2,(H,16,20)(H,17,21)(H,18,19). The second-order valence-corrected chi connectivity index (χ2v) is 6.25. The maximum atomic E-state index is 12.1. The first-order valence-electron chi connectivity index (χ1n) is 7.05. The largest absolute Gasteiger partial charge is 0.480 e. The van der Waals surface area contributed by atoms with Gasteiger partial charge in [0.25, 0.3) is 5.91 Å². The number of benzene rings is 1. The minimum atomic E-state index is -1.09. The van der Waals surface area contributed by atoms with E-state index in [1.807, 2.05) is 11.8 Å². The quantitative estimate of drug-likeness (QED) is 0.765. The van der Waals surface area contributed by atoms with Crippen LogP contribution in [0.2, 0.25) is 0 Å². The first-order chi connectivity index (χ1) is 10.6. The molecule has 1 aromatic rings. The fourth-order valence-electron chi connectivity index (χ4n) is 2.17. The molecule has 0 radical (unpaired) electrons. The Morgan fingerprint density at radius 1 is 1.14 bits per heavy atom. The van der Waals surface area contributed by atoms with Gasteiger partial charge >= 0.3 is 5.97 Å². The van der Waals surface area contributed by atoms with Crippen LogP contribution >= 0.6 is 11.8 Å². The van der Waals surface area contributed by atoms with E-state index in [4.69, 9.17) is 5.11 Å². The summed E-state index contributed by atoms with van der Waals surface area (Å²) in [5.74, 6) is 0.553. The molecule has 118 valence electrons. The van der Waals surface area contributed by atoms with E-state index >= 15 is 0 Å². The summed E-state index contributed by atoms with van der Waals surface area (Å²) in [6, 6.07) is 6.41. The minimum Gasteiger partial charge on any atom is -0.480 e. The Bertz CT molecular complexity index is 553. The number of amides is 2. The Morgan fingerprint density at radius 3 is 2.36 bits per heavy atom. The molecule has 1 fully saturated rings. The second kappa shape index (κ2) is 7.84. The fourth-order valence-corrected chi connectivity index (χ4v) is 3.27. The first-order valence-corrected chi connectivity index (χ1v) is 8.20. The van der Waals surface area contributed by atoms with E-state index in [-0.39, 0.29) is 11.8 Å². The van der Waals surface area contributed by atoms with Gasteiger partial charge < -0.3 is 15.7 Å². The summed E-state index contributed by atoms with van der Waals surface area (Å²) >= 11 is 1.87. The van der Waals surface area contributed by atoms with Crippen LogP contribution in [0.4, 0.5) is 5.69 Å². The molecule has 0 aromatic heterocycles. The number of hydrogen-bond donors (Lipinski definition) is 3. The van der Waals surface area contributed by atoms with Gasteiger partial charge in [-0.3, -0.25) is 14.4 Å². The van der Waals surface area contributed by atoms with Crippen LogP contribution in [0, 0.1) is 5.92 Å². The molecule has 1 saturated heterocycles. The summed E-state index contributed by atoms with van der Waals surface area (Å²) in [5, 5.41) is 13.6. The van der Waals surface area contributed by atoms with Crippen LogP contribution in [0.1, 0.15) is 23.2 Å². The zero-order chi connectivity index (χ0) is 15.9. The number of carbonyl (C=O) groups is 3. The molecular weight excluding hydrogens is 304 g/mol. The third-order valence-electron chi connectivity index (χ3n) is 3.41. The number of anilines is 1. The zero-order valence-electron chi connectivity index (χ0n) is 12.0. The van der Waals surface area contributed by atoms with Gasteiger partial charge in [-0.1, -0.05) is 0 Å². The highest BCUT2D eigenvalue weighted by atomic mass is 32.2. The van der Waals surface area contributed by atoms with Gasteiger partial charge in [-0.2, -0.15) is 11.8 Å². The van der Waals surface area contributed by atoms with Gasteiger partial charge in [-0.25, -0.2) is 0 Å². The van der Waals surface area contributed by atoms with E-state index in [0.29, 0.717) is 11.3 Å². The average molecular weight is 322 g/mol. The van der Waals surface area contributed by atoms with Crippen molar-refractivity contribution in [1.82, 2.24) is 5.32 Å². The molecule has 0 saturated carbocycles. The van der Waals surface area contributed by atoms with Crippen LogP contribution in [0.5, 0.6) is 0 Å². The van der Waals surface area contributed by atoms with Crippen molar-refractivity contribution < 1.29 is 19.5 Å². The lowest BCUT2D eigenvalue weighted by Crippen LogP contribution is -2.29. The number of carboxylic acid groups (broad SMARTS) is 1. The number of nitrogens with one attached hydrogen (secondary N) is 2. The summed E-state index contributed by atoms with van der Waals surface area (Å²) in [7, 11) is 0. The molecule has 3 N–H and O–H groups in total. The monoisotopic (exact) mass is 322 g/mol. The average Bonchev–Trinajstić information content (AvgIpc) is 2.54. The van der Waals surface area contributed by atoms with Crippen LogP contribution in [-0.2, 0) is 9.59 Å². The van der Waals surface area contributed by atoms with E-state index in [2.05, 4.69) is 10.6 Å². The van der Waals surface area contributed by atoms with E-state index in [1.54, 1.807) is 24.3 Å². The number of rotatable bonds is 5. The molecule has 0 atom stereocenters. The first kappa shape index (κ1) is 16.4. The van der Waals surface area contributed by atoms with Crippen LogP contribution < -0.4 is 10.6 Å². The summed E-state index contributed by atoms with van der Waals surface area (Å²) in [6.45, 7) is -0.420. The van der Waals surface area contributed by atoms with Crippen molar-refractivity contribution in [2.45, 2.75) is 12.8 Å². The predicted octanol–water partition coefficient (Wildman–Crippen LogP) is 1.58. The highest BCUT2D eigenvalue weighted by Gasteiger charge is 2.21. The van der Waals surface area contributed by atoms with Gasteiger partial charge in [0.2, 0.25) is 5.91 Å². The smallest absolute Gasteiger partial charge is 0.322 e. The molecule has 0 bridgehead atoms.